The summed E-state index contributed by atoms with van der Waals surface area (Å²) in [7, 11) is 0. The van der Waals surface area contributed by atoms with Crippen LogP contribution in [0.25, 0.3) is 0 Å². The van der Waals surface area contributed by atoms with Gasteiger partial charge in [0.25, 0.3) is 0 Å². The summed E-state index contributed by atoms with van der Waals surface area (Å²) in [6.45, 7) is 2.85. The molecule has 0 aliphatic heterocycles. The van der Waals surface area contributed by atoms with Crippen molar-refractivity contribution in [1.82, 2.24) is 24.1 Å². The van der Waals surface area contributed by atoms with E-state index in [1.807, 2.05) is 6.92 Å². The molecule has 0 saturated carbocycles. The first-order chi connectivity index (χ1) is 8.50. The minimum Gasteiger partial charge on any atom is -0.353 e. The molecule has 0 saturated heterocycles. The molecule has 2 aromatic rings. The van der Waals surface area contributed by atoms with E-state index in [1.165, 1.54) is 0 Å². The van der Waals surface area contributed by atoms with Crippen molar-refractivity contribution in [1.29, 1.82) is 0 Å². The molecule has 0 bridgehead atoms. The summed E-state index contributed by atoms with van der Waals surface area (Å²) in [6.07, 6.45) is -2.96. The summed E-state index contributed by atoms with van der Waals surface area (Å²) in [5, 5.41) is 10.4. The zero-order chi connectivity index (χ0) is 13.2. The van der Waals surface area contributed by atoms with Crippen LogP contribution in [0.3, 0.4) is 0 Å². The van der Waals surface area contributed by atoms with E-state index < -0.39 is 12.0 Å². The molecule has 0 atom stereocenters. The van der Waals surface area contributed by atoms with Crippen LogP contribution in [-0.4, -0.2) is 24.1 Å². The molecule has 0 aliphatic carbocycles. The lowest BCUT2D eigenvalue weighted by atomic mass is 10.5. The molecular weight excluding hydrogens is 269 g/mol. The zero-order valence-corrected chi connectivity index (χ0v) is 10.1. The number of rotatable bonds is 4. The van der Waals surface area contributed by atoms with Crippen LogP contribution in [0.2, 0.25) is 0 Å². The molecule has 0 fully saturated rings. The number of aryl methyl sites for hydroxylation is 1. The van der Waals surface area contributed by atoms with E-state index in [2.05, 4.69) is 24.9 Å². The Bertz CT molecular complexity index is 519. The van der Waals surface area contributed by atoms with Gasteiger partial charge in [0.05, 0.1) is 6.54 Å². The van der Waals surface area contributed by atoms with Gasteiger partial charge in [0.1, 0.15) is 6.33 Å². The Morgan fingerprint density at radius 3 is 2.83 bits per heavy atom. The van der Waals surface area contributed by atoms with Gasteiger partial charge in [-0.3, -0.25) is 0 Å². The Labute approximate surface area is 104 Å². The molecule has 1 N–H and O–H groups in total. The number of halogens is 3. The molecule has 2 aromatic heterocycles. The summed E-state index contributed by atoms with van der Waals surface area (Å²) in [5.74, 6) is -0.506. The van der Waals surface area contributed by atoms with Crippen LogP contribution in [0.5, 0.6) is 0 Å². The highest BCUT2D eigenvalue weighted by Gasteiger charge is 2.36. The van der Waals surface area contributed by atoms with Crippen LogP contribution in [-0.2, 0) is 19.3 Å². The average molecular weight is 278 g/mol. The van der Waals surface area contributed by atoms with Gasteiger partial charge in [0, 0.05) is 18.1 Å². The van der Waals surface area contributed by atoms with Crippen LogP contribution in [0, 0.1) is 0 Å². The van der Waals surface area contributed by atoms with Gasteiger partial charge in [-0.2, -0.15) is 22.5 Å². The highest BCUT2D eigenvalue weighted by molar-refractivity contribution is 7.09. The van der Waals surface area contributed by atoms with E-state index >= 15 is 0 Å². The Balaban J connectivity index is 2.01. The molecule has 0 radical (unpaired) electrons. The van der Waals surface area contributed by atoms with Gasteiger partial charge in [-0.25, -0.2) is 0 Å². The number of hydrogen-bond donors (Lipinski definition) is 1. The lowest BCUT2D eigenvalue weighted by Gasteiger charge is -2.03. The molecule has 0 amide bonds. The van der Waals surface area contributed by atoms with Gasteiger partial charge in [-0.05, 0) is 6.92 Å². The van der Waals surface area contributed by atoms with Crippen LogP contribution in [0.15, 0.2) is 6.33 Å². The number of aromatic nitrogens is 5. The number of nitrogens with zero attached hydrogens (tertiary/aromatic N) is 5. The summed E-state index contributed by atoms with van der Waals surface area (Å²) in [6, 6.07) is 0. The Morgan fingerprint density at radius 2 is 2.22 bits per heavy atom. The third-order valence-corrected chi connectivity index (χ3v) is 2.79. The normalized spacial score (nSPS) is 11.8. The largest absolute Gasteiger partial charge is 0.452 e. The average Bonchev–Trinajstić information content (AvgIpc) is 2.94. The fraction of sp³-hybridized carbons (Fsp3) is 0.500. The molecule has 98 valence electrons. The predicted molar refractivity (Wildman–Crippen MR) is 57.9 cm³/mol. The van der Waals surface area contributed by atoms with E-state index in [0.717, 1.165) is 0 Å². The second-order valence-corrected chi connectivity index (χ2v) is 4.06. The Hall–Kier alpha value is -1.71. The number of nitrogens with one attached hydrogen (secondary N) is 1. The molecule has 2 rings (SSSR count). The maximum atomic E-state index is 12.3. The first-order valence-electron chi connectivity index (χ1n) is 5.02. The Morgan fingerprint density at radius 1 is 1.44 bits per heavy atom. The summed E-state index contributed by atoms with van der Waals surface area (Å²) < 4.78 is 41.8. The summed E-state index contributed by atoms with van der Waals surface area (Å²) in [4.78, 5) is 3.35. The van der Waals surface area contributed by atoms with Gasteiger partial charge < -0.3 is 9.88 Å². The van der Waals surface area contributed by atoms with E-state index in [1.54, 1.807) is 10.9 Å². The second-order valence-electron chi connectivity index (χ2n) is 3.31. The van der Waals surface area contributed by atoms with Gasteiger partial charge in [-0.15, -0.1) is 10.2 Å². The van der Waals surface area contributed by atoms with E-state index in [4.69, 9.17) is 0 Å². The van der Waals surface area contributed by atoms with Crippen LogP contribution in [0.1, 0.15) is 18.6 Å². The fourth-order valence-electron chi connectivity index (χ4n) is 1.25. The maximum Gasteiger partial charge on any atom is 0.452 e. The lowest BCUT2D eigenvalue weighted by molar-refractivity contribution is -0.144. The molecule has 0 spiro atoms. The smallest absolute Gasteiger partial charge is 0.353 e. The van der Waals surface area contributed by atoms with Gasteiger partial charge in [0.2, 0.25) is 11.0 Å². The Kier molecular flexibility index (Phi) is 3.45. The molecule has 2 heterocycles. The van der Waals surface area contributed by atoms with Crippen LogP contribution < -0.4 is 5.32 Å². The highest BCUT2D eigenvalue weighted by atomic mass is 32.1. The van der Waals surface area contributed by atoms with Crippen molar-refractivity contribution < 1.29 is 13.2 Å². The van der Waals surface area contributed by atoms with Crippen molar-refractivity contribution >= 4 is 16.7 Å². The highest BCUT2D eigenvalue weighted by Crippen LogP contribution is 2.28. The topological polar surface area (TPSA) is 68.5 Å². The van der Waals surface area contributed by atoms with Crippen molar-refractivity contribution in [2.75, 3.05) is 5.32 Å². The van der Waals surface area contributed by atoms with Crippen molar-refractivity contribution in [3.05, 3.63) is 18.0 Å². The standard InChI is InChI=1S/C8H9F3N6S/c1-2-17-4-13-15-5(17)3-12-7-14-6(16-18-7)8(9,10)11/h4H,2-3H2,1H3,(H,12,14,16). The van der Waals surface area contributed by atoms with E-state index in [-0.39, 0.29) is 11.7 Å². The van der Waals surface area contributed by atoms with Crippen LogP contribution >= 0.6 is 11.5 Å². The maximum absolute atomic E-state index is 12.3. The third kappa shape index (κ3) is 2.75. The molecule has 10 heteroatoms. The van der Waals surface area contributed by atoms with Crippen LogP contribution in [0.4, 0.5) is 18.3 Å². The minimum atomic E-state index is -4.51. The molecule has 0 unspecified atom stereocenters. The summed E-state index contributed by atoms with van der Waals surface area (Å²) in [5.41, 5.74) is 0. The first-order valence-corrected chi connectivity index (χ1v) is 5.79. The molecule has 18 heavy (non-hydrogen) atoms. The molecule has 0 aromatic carbocycles. The van der Waals surface area contributed by atoms with Crippen molar-refractivity contribution in [3.63, 3.8) is 0 Å². The first kappa shape index (κ1) is 12.7. The monoisotopic (exact) mass is 278 g/mol. The molecule has 6 nitrogen and oxygen atoms in total. The van der Waals surface area contributed by atoms with Crippen molar-refractivity contribution in [3.8, 4) is 0 Å². The zero-order valence-electron chi connectivity index (χ0n) is 9.27. The van der Waals surface area contributed by atoms with Gasteiger partial charge >= 0.3 is 6.18 Å². The van der Waals surface area contributed by atoms with E-state index in [9.17, 15) is 13.2 Å². The fourth-order valence-corrected chi connectivity index (χ4v) is 1.83. The predicted octanol–water partition coefficient (Wildman–Crippen LogP) is 1.78. The number of alkyl halides is 3. The lowest BCUT2D eigenvalue weighted by Crippen LogP contribution is -2.09. The molecular formula is C8H9F3N6S. The molecule has 0 aliphatic rings. The quantitative estimate of drug-likeness (QED) is 0.923. The number of hydrogen-bond acceptors (Lipinski definition) is 6. The summed E-state index contributed by atoms with van der Waals surface area (Å²) >= 11 is 0.662. The second kappa shape index (κ2) is 4.88. The SMILES string of the molecule is CCn1cnnc1CNc1nc(C(F)(F)F)ns1. The van der Waals surface area contributed by atoms with Crippen molar-refractivity contribution in [2.45, 2.75) is 26.2 Å². The van der Waals surface area contributed by atoms with Crippen molar-refractivity contribution in [2.24, 2.45) is 0 Å². The third-order valence-electron chi connectivity index (χ3n) is 2.11. The van der Waals surface area contributed by atoms with Gasteiger partial charge in [-0.1, -0.05) is 0 Å². The van der Waals surface area contributed by atoms with Gasteiger partial charge in [0.15, 0.2) is 5.82 Å². The minimum absolute atomic E-state index is 0.105. The van der Waals surface area contributed by atoms with E-state index in [0.29, 0.717) is 23.9 Å². The number of anilines is 1.